The topological polar surface area (TPSA) is 49.9 Å². The Morgan fingerprint density at radius 3 is 2.36 bits per heavy atom. The SMILES string of the molecule is COCCN1C(=O)C(c2ccccc2)=C(N2CCCC2)C1=O. The van der Waals surface area contributed by atoms with Crippen LogP contribution in [0.5, 0.6) is 0 Å². The molecule has 2 heterocycles. The quantitative estimate of drug-likeness (QED) is 0.774. The Morgan fingerprint density at radius 1 is 1.05 bits per heavy atom. The van der Waals surface area contributed by atoms with E-state index >= 15 is 0 Å². The van der Waals surface area contributed by atoms with Gasteiger partial charge in [0.2, 0.25) is 0 Å². The van der Waals surface area contributed by atoms with Gasteiger partial charge in [-0.05, 0) is 18.4 Å². The van der Waals surface area contributed by atoms with E-state index in [0.717, 1.165) is 31.5 Å². The van der Waals surface area contributed by atoms with Crippen LogP contribution >= 0.6 is 0 Å². The number of nitrogens with zero attached hydrogens (tertiary/aromatic N) is 2. The van der Waals surface area contributed by atoms with E-state index in [1.807, 2.05) is 30.3 Å². The van der Waals surface area contributed by atoms with Gasteiger partial charge in [-0.1, -0.05) is 30.3 Å². The summed E-state index contributed by atoms with van der Waals surface area (Å²) in [6.07, 6.45) is 2.12. The van der Waals surface area contributed by atoms with Gasteiger partial charge in [0.25, 0.3) is 11.8 Å². The summed E-state index contributed by atoms with van der Waals surface area (Å²) in [5.74, 6) is -0.405. The van der Waals surface area contributed by atoms with Gasteiger partial charge in [0.1, 0.15) is 5.70 Å². The second kappa shape index (κ2) is 6.32. The number of hydrogen-bond acceptors (Lipinski definition) is 4. The van der Waals surface area contributed by atoms with Gasteiger partial charge in [-0.25, -0.2) is 0 Å². The fraction of sp³-hybridized carbons (Fsp3) is 0.412. The molecular weight excluding hydrogens is 280 g/mol. The number of hydrogen-bond donors (Lipinski definition) is 0. The van der Waals surface area contributed by atoms with Crippen LogP contribution < -0.4 is 0 Å². The number of ether oxygens (including phenoxy) is 1. The van der Waals surface area contributed by atoms with Crippen LogP contribution in [0.4, 0.5) is 0 Å². The van der Waals surface area contributed by atoms with Crippen LogP contribution in [0.2, 0.25) is 0 Å². The number of rotatable bonds is 5. The van der Waals surface area contributed by atoms with Crippen LogP contribution in [0.3, 0.4) is 0 Å². The molecule has 0 N–H and O–H groups in total. The van der Waals surface area contributed by atoms with Gasteiger partial charge < -0.3 is 9.64 Å². The molecule has 1 fully saturated rings. The van der Waals surface area contributed by atoms with Gasteiger partial charge in [-0.3, -0.25) is 14.5 Å². The normalized spacial score (nSPS) is 18.8. The number of methoxy groups -OCH3 is 1. The van der Waals surface area contributed by atoms with E-state index in [0.29, 0.717) is 24.4 Å². The second-order valence-electron chi connectivity index (χ2n) is 5.54. The molecule has 0 aliphatic carbocycles. The Labute approximate surface area is 130 Å². The van der Waals surface area contributed by atoms with Gasteiger partial charge in [-0.2, -0.15) is 0 Å². The van der Waals surface area contributed by atoms with Crippen molar-refractivity contribution in [2.24, 2.45) is 0 Å². The largest absolute Gasteiger partial charge is 0.383 e. The molecule has 1 aromatic carbocycles. The average Bonchev–Trinajstić information content (AvgIpc) is 3.14. The number of carbonyl (C=O) groups excluding carboxylic acids is 2. The van der Waals surface area contributed by atoms with Crippen LogP contribution in [0.1, 0.15) is 18.4 Å². The van der Waals surface area contributed by atoms with Crippen molar-refractivity contribution in [3.63, 3.8) is 0 Å². The molecule has 5 heteroatoms. The van der Waals surface area contributed by atoms with E-state index in [1.54, 1.807) is 7.11 Å². The molecule has 116 valence electrons. The predicted molar refractivity (Wildman–Crippen MR) is 82.8 cm³/mol. The van der Waals surface area contributed by atoms with Crippen LogP contribution in [0.15, 0.2) is 36.0 Å². The molecule has 1 aromatic rings. The summed E-state index contributed by atoms with van der Waals surface area (Å²) < 4.78 is 5.02. The first-order chi connectivity index (χ1) is 10.7. The van der Waals surface area contributed by atoms with E-state index in [4.69, 9.17) is 4.74 Å². The third kappa shape index (κ3) is 2.52. The zero-order valence-electron chi connectivity index (χ0n) is 12.7. The molecule has 0 saturated carbocycles. The van der Waals surface area contributed by atoms with Crippen molar-refractivity contribution in [2.45, 2.75) is 12.8 Å². The highest BCUT2D eigenvalue weighted by Crippen LogP contribution is 2.33. The van der Waals surface area contributed by atoms with Crippen molar-refractivity contribution in [1.29, 1.82) is 0 Å². The zero-order chi connectivity index (χ0) is 15.5. The molecule has 5 nitrogen and oxygen atoms in total. The molecule has 0 aromatic heterocycles. The summed E-state index contributed by atoms with van der Waals surface area (Å²) in [4.78, 5) is 28.9. The molecular formula is C17H20N2O3. The fourth-order valence-corrected chi connectivity index (χ4v) is 3.05. The number of carbonyl (C=O) groups is 2. The maximum absolute atomic E-state index is 12.8. The van der Waals surface area contributed by atoms with Crippen LogP contribution in [0.25, 0.3) is 5.57 Å². The van der Waals surface area contributed by atoms with Crippen molar-refractivity contribution in [3.8, 4) is 0 Å². The van der Waals surface area contributed by atoms with Gasteiger partial charge in [0, 0.05) is 20.2 Å². The summed E-state index contributed by atoms with van der Waals surface area (Å²) >= 11 is 0. The molecule has 0 unspecified atom stereocenters. The van der Waals surface area contributed by atoms with Crippen LogP contribution in [-0.4, -0.2) is 55.0 Å². The molecule has 2 aliphatic heterocycles. The lowest BCUT2D eigenvalue weighted by atomic mass is 10.0. The van der Waals surface area contributed by atoms with E-state index in [1.165, 1.54) is 4.90 Å². The molecule has 2 aliphatic rings. The van der Waals surface area contributed by atoms with Crippen molar-refractivity contribution in [2.75, 3.05) is 33.4 Å². The number of likely N-dealkylation sites (tertiary alicyclic amines) is 1. The number of amides is 2. The van der Waals surface area contributed by atoms with Gasteiger partial charge in [-0.15, -0.1) is 0 Å². The van der Waals surface area contributed by atoms with E-state index in [-0.39, 0.29) is 11.8 Å². The minimum absolute atomic E-state index is 0.192. The molecule has 0 bridgehead atoms. The molecule has 0 atom stereocenters. The van der Waals surface area contributed by atoms with E-state index < -0.39 is 0 Å². The summed E-state index contributed by atoms with van der Waals surface area (Å²) in [7, 11) is 1.57. The van der Waals surface area contributed by atoms with Gasteiger partial charge in [0.15, 0.2) is 0 Å². The minimum atomic E-state index is -0.213. The second-order valence-corrected chi connectivity index (χ2v) is 5.54. The molecule has 1 saturated heterocycles. The smallest absolute Gasteiger partial charge is 0.277 e. The Balaban J connectivity index is 2.01. The third-order valence-corrected chi connectivity index (χ3v) is 4.15. The number of imide groups is 1. The summed E-state index contributed by atoms with van der Waals surface area (Å²) in [6, 6.07) is 9.45. The predicted octanol–water partition coefficient (Wildman–Crippen LogP) is 1.51. The van der Waals surface area contributed by atoms with Gasteiger partial charge >= 0.3 is 0 Å². The van der Waals surface area contributed by atoms with Gasteiger partial charge in [0.05, 0.1) is 18.7 Å². The lowest BCUT2D eigenvalue weighted by Crippen LogP contribution is -2.36. The Hall–Kier alpha value is -2.14. The van der Waals surface area contributed by atoms with Crippen molar-refractivity contribution in [3.05, 3.63) is 41.6 Å². The third-order valence-electron chi connectivity index (χ3n) is 4.15. The monoisotopic (exact) mass is 300 g/mol. The molecule has 2 amide bonds. The lowest BCUT2D eigenvalue weighted by Gasteiger charge is -2.20. The lowest BCUT2D eigenvalue weighted by molar-refractivity contribution is -0.138. The first kappa shape index (κ1) is 14.8. The van der Waals surface area contributed by atoms with Crippen molar-refractivity contribution < 1.29 is 14.3 Å². The summed E-state index contributed by atoms with van der Waals surface area (Å²) in [6.45, 7) is 2.32. The maximum Gasteiger partial charge on any atom is 0.277 e. The zero-order valence-corrected chi connectivity index (χ0v) is 12.7. The summed E-state index contributed by atoms with van der Waals surface area (Å²) in [5.41, 5.74) is 1.90. The highest BCUT2D eigenvalue weighted by molar-refractivity contribution is 6.35. The van der Waals surface area contributed by atoms with E-state index in [2.05, 4.69) is 4.90 Å². The molecule has 3 rings (SSSR count). The first-order valence-electron chi connectivity index (χ1n) is 7.64. The summed E-state index contributed by atoms with van der Waals surface area (Å²) in [5, 5.41) is 0. The Bertz CT molecular complexity index is 604. The average molecular weight is 300 g/mol. The first-order valence-corrected chi connectivity index (χ1v) is 7.64. The van der Waals surface area contributed by atoms with Crippen molar-refractivity contribution >= 4 is 17.4 Å². The fourth-order valence-electron chi connectivity index (χ4n) is 3.05. The highest BCUT2D eigenvalue weighted by atomic mass is 16.5. The number of benzene rings is 1. The van der Waals surface area contributed by atoms with E-state index in [9.17, 15) is 9.59 Å². The molecule has 0 spiro atoms. The maximum atomic E-state index is 12.8. The molecule has 0 radical (unpaired) electrons. The molecule has 22 heavy (non-hydrogen) atoms. The van der Waals surface area contributed by atoms with Crippen LogP contribution in [0, 0.1) is 0 Å². The minimum Gasteiger partial charge on any atom is -0.383 e. The highest BCUT2D eigenvalue weighted by Gasteiger charge is 2.41. The Morgan fingerprint density at radius 2 is 1.73 bits per heavy atom. The van der Waals surface area contributed by atoms with Crippen molar-refractivity contribution in [1.82, 2.24) is 9.80 Å². The standard InChI is InChI=1S/C17H20N2O3/c1-22-12-11-19-16(20)14(13-7-3-2-4-8-13)15(17(19)21)18-9-5-6-10-18/h2-4,7-8H,5-6,9-12H2,1H3. The van der Waals surface area contributed by atoms with Crippen LogP contribution in [-0.2, 0) is 14.3 Å². The Kier molecular flexibility index (Phi) is 4.24.